The molecule has 4 nitrogen and oxygen atoms in total. The lowest BCUT2D eigenvalue weighted by Gasteiger charge is -2.29. The first-order chi connectivity index (χ1) is 9.74. The second-order valence-corrected chi connectivity index (χ2v) is 6.10. The molecule has 0 spiro atoms. The van der Waals surface area contributed by atoms with Crippen LogP contribution in [0.5, 0.6) is 0 Å². The lowest BCUT2D eigenvalue weighted by atomic mass is 10.1. The van der Waals surface area contributed by atoms with E-state index < -0.39 is 0 Å². The Balaban J connectivity index is 1.80. The minimum Gasteiger partial charge on any atom is -0.465 e. The van der Waals surface area contributed by atoms with E-state index in [4.69, 9.17) is 4.74 Å². The summed E-state index contributed by atoms with van der Waals surface area (Å²) in [5.41, 5.74) is 0. The zero-order valence-corrected chi connectivity index (χ0v) is 13.1. The van der Waals surface area contributed by atoms with Gasteiger partial charge in [0.2, 0.25) is 0 Å². The summed E-state index contributed by atoms with van der Waals surface area (Å²) in [6, 6.07) is 1.17. The number of hydrogen-bond acceptors (Lipinski definition) is 4. The maximum absolute atomic E-state index is 12.0. The van der Waals surface area contributed by atoms with Crippen molar-refractivity contribution in [2.45, 2.75) is 76.9 Å². The summed E-state index contributed by atoms with van der Waals surface area (Å²) >= 11 is 0. The van der Waals surface area contributed by atoms with Crippen LogP contribution < -0.4 is 5.32 Å². The van der Waals surface area contributed by atoms with Crippen LogP contribution >= 0.6 is 0 Å². The van der Waals surface area contributed by atoms with Crippen molar-refractivity contribution >= 4 is 5.97 Å². The zero-order chi connectivity index (χ0) is 14.4. The third kappa shape index (κ3) is 4.74. The second-order valence-electron chi connectivity index (χ2n) is 6.10. The number of ether oxygens (including phenoxy) is 1. The van der Waals surface area contributed by atoms with Gasteiger partial charge in [-0.2, -0.15) is 0 Å². The molecular formula is C16H30N2O2. The Morgan fingerprint density at radius 3 is 2.50 bits per heavy atom. The van der Waals surface area contributed by atoms with Gasteiger partial charge in [0.1, 0.15) is 6.04 Å². The van der Waals surface area contributed by atoms with Gasteiger partial charge in [-0.05, 0) is 45.6 Å². The van der Waals surface area contributed by atoms with Crippen LogP contribution in [0.1, 0.15) is 58.8 Å². The maximum atomic E-state index is 12.0. The van der Waals surface area contributed by atoms with Crippen molar-refractivity contribution in [3.8, 4) is 0 Å². The van der Waals surface area contributed by atoms with Gasteiger partial charge in [0.25, 0.3) is 0 Å². The summed E-state index contributed by atoms with van der Waals surface area (Å²) in [7, 11) is 0. The fourth-order valence-corrected chi connectivity index (χ4v) is 3.21. The largest absolute Gasteiger partial charge is 0.465 e. The van der Waals surface area contributed by atoms with Crippen molar-refractivity contribution < 1.29 is 9.53 Å². The highest BCUT2D eigenvalue weighted by Gasteiger charge is 2.30. The smallest absolute Gasteiger partial charge is 0.323 e. The van der Waals surface area contributed by atoms with Crippen molar-refractivity contribution in [3.05, 3.63) is 0 Å². The molecule has 2 aliphatic carbocycles. The van der Waals surface area contributed by atoms with Gasteiger partial charge in [0.15, 0.2) is 0 Å². The predicted molar refractivity (Wildman–Crippen MR) is 80.7 cm³/mol. The lowest BCUT2D eigenvalue weighted by Crippen LogP contribution is -2.43. The Labute approximate surface area is 123 Å². The van der Waals surface area contributed by atoms with E-state index in [0.717, 1.165) is 25.6 Å². The molecule has 2 rings (SSSR count). The molecule has 0 aromatic heterocycles. The average Bonchev–Trinajstić information content (AvgIpc) is 3.10. The van der Waals surface area contributed by atoms with E-state index in [2.05, 4.69) is 17.1 Å². The van der Waals surface area contributed by atoms with Crippen LogP contribution in [0, 0.1) is 0 Å². The number of hydrogen-bond donors (Lipinski definition) is 1. The van der Waals surface area contributed by atoms with Gasteiger partial charge < -0.3 is 15.0 Å². The van der Waals surface area contributed by atoms with Crippen molar-refractivity contribution in [2.24, 2.45) is 0 Å². The minimum absolute atomic E-state index is 0.0677. The van der Waals surface area contributed by atoms with Crippen LogP contribution in [0.15, 0.2) is 0 Å². The molecule has 2 fully saturated rings. The highest BCUT2D eigenvalue weighted by Crippen LogP contribution is 2.24. The van der Waals surface area contributed by atoms with E-state index in [1.807, 2.05) is 6.92 Å². The molecule has 2 aliphatic rings. The van der Waals surface area contributed by atoms with Crippen LogP contribution in [0.4, 0.5) is 0 Å². The van der Waals surface area contributed by atoms with E-state index in [-0.39, 0.29) is 12.0 Å². The quantitative estimate of drug-likeness (QED) is 0.659. The van der Waals surface area contributed by atoms with Crippen LogP contribution in [0.3, 0.4) is 0 Å². The van der Waals surface area contributed by atoms with Gasteiger partial charge in [0, 0.05) is 18.6 Å². The predicted octanol–water partition coefficient (Wildman–Crippen LogP) is 2.32. The normalized spacial score (nSPS) is 21.4. The molecule has 0 saturated heterocycles. The third-order valence-electron chi connectivity index (χ3n) is 4.54. The van der Waals surface area contributed by atoms with Gasteiger partial charge in [0.05, 0.1) is 6.61 Å². The Hall–Kier alpha value is -0.610. The molecule has 2 saturated carbocycles. The van der Waals surface area contributed by atoms with Crippen molar-refractivity contribution in [3.63, 3.8) is 0 Å². The molecule has 0 amide bonds. The van der Waals surface area contributed by atoms with E-state index in [1.165, 1.54) is 38.5 Å². The molecule has 1 unspecified atom stereocenters. The molecule has 0 radical (unpaired) electrons. The number of rotatable bonds is 9. The molecule has 0 aliphatic heterocycles. The number of esters is 1. The number of carbonyl (C=O) groups is 1. The average molecular weight is 282 g/mol. The van der Waals surface area contributed by atoms with Gasteiger partial charge in [-0.3, -0.25) is 4.79 Å². The SMILES string of the molecule is CCOC(=O)C(CCN(CC)C1CCCC1)NC1CC1. The number of nitrogens with one attached hydrogen (secondary N) is 1. The lowest BCUT2D eigenvalue weighted by molar-refractivity contribution is -0.146. The van der Waals surface area contributed by atoms with E-state index in [9.17, 15) is 4.79 Å². The summed E-state index contributed by atoms with van der Waals surface area (Å²) in [6.07, 6.45) is 8.67. The van der Waals surface area contributed by atoms with Crippen LogP contribution in [0.25, 0.3) is 0 Å². The van der Waals surface area contributed by atoms with Gasteiger partial charge in [-0.15, -0.1) is 0 Å². The first-order valence-corrected chi connectivity index (χ1v) is 8.41. The van der Waals surface area contributed by atoms with E-state index in [1.54, 1.807) is 0 Å². The van der Waals surface area contributed by atoms with Crippen molar-refractivity contribution in [1.82, 2.24) is 10.2 Å². The fraction of sp³-hybridized carbons (Fsp3) is 0.938. The molecule has 0 aromatic rings. The molecule has 0 heterocycles. The van der Waals surface area contributed by atoms with Crippen molar-refractivity contribution in [2.75, 3.05) is 19.7 Å². The number of carbonyl (C=O) groups excluding carboxylic acids is 1. The summed E-state index contributed by atoms with van der Waals surface area (Å²) < 4.78 is 5.20. The molecule has 1 N–H and O–H groups in total. The Kier molecular flexibility index (Phi) is 6.30. The summed E-state index contributed by atoms with van der Waals surface area (Å²) in [5, 5.41) is 3.44. The Bertz CT molecular complexity index is 299. The standard InChI is InChI=1S/C16H30N2O2/c1-3-18(14-7-5-6-8-14)12-11-15(16(19)20-4-2)17-13-9-10-13/h13-15,17H,3-12H2,1-2H3. The second kappa shape index (κ2) is 7.99. The topological polar surface area (TPSA) is 41.6 Å². The molecule has 0 bridgehead atoms. The van der Waals surface area contributed by atoms with E-state index in [0.29, 0.717) is 12.6 Å². The molecule has 116 valence electrons. The monoisotopic (exact) mass is 282 g/mol. The summed E-state index contributed by atoms with van der Waals surface area (Å²) in [4.78, 5) is 14.6. The zero-order valence-electron chi connectivity index (χ0n) is 13.1. The van der Waals surface area contributed by atoms with Crippen LogP contribution in [-0.4, -0.2) is 48.7 Å². The Morgan fingerprint density at radius 1 is 1.25 bits per heavy atom. The minimum atomic E-state index is -0.113. The molecular weight excluding hydrogens is 252 g/mol. The molecule has 4 heteroatoms. The van der Waals surface area contributed by atoms with E-state index >= 15 is 0 Å². The fourth-order valence-electron chi connectivity index (χ4n) is 3.21. The molecule has 0 aromatic carbocycles. The number of nitrogens with zero attached hydrogens (tertiary/aromatic N) is 1. The first kappa shape index (κ1) is 15.8. The summed E-state index contributed by atoms with van der Waals surface area (Å²) in [6.45, 7) is 6.67. The maximum Gasteiger partial charge on any atom is 0.323 e. The van der Waals surface area contributed by atoms with Crippen molar-refractivity contribution in [1.29, 1.82) is 0 Å². The van der Waals surface area contributed by atoms with Crippen LogP contribution in [0.2, 0.25) is 0 Å². The molecule has 20 heavy (non-hydrogen) atoms. The molecule has 1 atom stereocenters. The van der Waals surface area contributed by atoms with Crippen LogP contribution in [-0.2, 0) is 9.53 Å². The van der Waals surface area contributed by atoms with Gasteiger partial charge >= 0.3 is 5.97 Å². The highest BCUT2D eigenvalue weighted by atomic mass is 16.5. The highest BCUT2D eigenvalue weighted by molar-refractivity contribution is 5.75. The summed E-state index contributed by atoms with van der Waals surface area (Å²) in [5.74, 6) is -0.0677. The first-order valence-electron chi connectivity index (χ1n) is 8.41. The van der Waals surface area contributed by atoms with Gasteiger partial charge in [-0.25, -0.2) is 0 Å². The Morgan fingerprint density at radius 2 is 1.95 bits per heavy atom. The van der Waals surface area contributed by atoms with Gasteiger partial charge in [-0.1, -0.05) is 19.8 Å². The third-order valence-corrected chi connectivity index (χ3v) is 4.54.